The van der Waals surface area contributed by atoms with Gasteiger partial charge in [-0.2, -0.15) is 0 Å². The van der Waals surface area contributed by atoms with Crippen LogP contribution in [0.1, 0.15) is 85.8 Å². The zero-order valence-electron chi connectivity index (χ0n) is 29.5. The number of fused-ring (bicyclic) bond motifs is 2. The van der Waals surface area contributed by atoms with Gasteiger partial charge in [0.2, 0.25) is 0 Å². The molecule has 2 heterocycles. The van der Waals surface area contributed by atoms with Crippen LogP contribution in [0.2, 0.25) is 0 Å². The topological polar surface area (TPSA) is 113 Å². The third-order valence-corrected chi connectivity index (χ3v) is 8.06. The molecule has 8 nitrogen and oxygen atoms in total. The molecular weight excluding hydrogens is 635 g/mol. The van der Waals surface area contributed by atoms with E-state index in [2.05, 4.69) is 136 Å². The van der Waals surface area contributed by atoms with E-state index in [4.69, 9.17) is 10.2 Å². The van der Waals surface area contributed by atoms with Crippen molar-refractivity contribution in [2.75, 3.05) is 13.1 Å². The Labute approximate surface area is 294 Å². The number of nitrogens with zero attached hydrogens (tertiary/aromatic N) is 2. The lowest BCUT2D eigenvalue weighted by Gasteiger charge is -2.30. The number of carboxylic acids is 2. The number of carboxylic acid groups (broad SMARTS) is 2. The maximum absolute atomic E-state index is 9.79. The Hall–Kier alpha value is -3.04. The van der Waals surface area contributed by atoms with E-state index in [1.54, 1.807) is 0 Å². The predicted molar refractivity (Wildman–Crippen MR) is 202 cm³/mol. The number of para-hydroxylation sites is 2. The van der Waals surface area contributed by atoms with Gasteiger partial charge in [0.1, 0.15) is 0 Å². The lowest BCUT2D eigenvalue weighted by Crippen LogP contribution is -2.38. The predicted octanol–water partition coefficient (Wildman–Crippen LogP) is 8.83. The van der Waals surface area contributed by atoms with E-state index in [1.165, 1.54) is 32.9 Å². The van der Waals surface area contributed by atoms with Crippen molar-refractivity contribution in [1.82, 2.24) is 19.8 Å². The van der Waals surface area contributed by atoms with Crippen LogP contribution < -0.4 is 0 Å². The molecule has 10 heteroatoms. The Bertz CT molecular complexity index is 1320. The maximum Gasteiger partial charge on any atom is 0.303 e. The normalized spacial score (nSPS) is 11.0. The average molecular weight is 694 g/mol. The van der Waals surface area contributed by atoms with E-state index < -0.39 is 11.9 Å². The lowest BCUT2D eigenvalue weighted by atomic mass is 10.1. The molecule has 4 rings (SSSR count). The molecule has 0 saturated carbocycles. The second kappa shape index (κ2) is 22.5. The highest BCUT2D eigenvalue weighted by Crippen LogP contribution is 2.20. The van der Waals surface area contributed by atoms with Crippen molar-refractivity contribution in [1.29, 1.82) is 0 Å². The molecule has 47 heavy (non-hydrogen) atoms. The molecule has 264 valence electrons. The molecule has 0 spiro atoms. The lowest BCUT2D eigenvalue weighted by molar-refractivity contribution is -0.138. The number of aliphatic carboxylic acids is 2. The summed E-state index contributed by atoms with van der Waals surface area (Å²) in [5.41, 5.74) is 5.34. The maximum atomic E-state index is 9.79. The first kappa shape index (κ1) is 44.0. The number of carbonyl (C=O) groups is 2. The fourth-order valence-electron chi connectivity index (χ4n) is 5.79. The van der Waals surface area contributed by atoms with Crippen molar-refractivity contribution >= 4 is 58.6 Å². The summed E-state index contributed by atoms with van der Waals surface area (Å²) in [4.78, 5) is 31.4. The van der Waals surface area contributed by atoms with Crippen molar-refractivity contribution in [3.05, 3.63) is 72.1 Å². The van der Waals surface area contributed by atoms with Gasteiger partial charge in [-0.05, 0) is 97.9 Å². The summed E-state index contributed by atoms with van der Waals surface area (Å²) in [6, 6.07) is 19.5. The van der Waals surface area contributed by atoms with Crippen LogP contribution in [0.5, 0.6) is 0 Å². The molecular formula is C37H58Cl2N4O4. The van der Waals surface area contributed by atoms with Gasteiger partial charge < -0.3 is 20.2 Å². The van der Waals surface area contributed by atoms with Crippen LogP contribution in [0.15, 0.2) is 60.9 Å². The third kappa shape index (κ3) is 15.2. The number of benzene rings is 2. The molecule has 4 N–H and O–H groups in total. The van der Waals surface area contributed by atoms with Gasteiger partial charge in [-0.3, -0.25) is 19.4 Å². The van der Waals surface area contributed by atoms with Crippen LogP contribution >= 0.6 is 24.8 Å². The standard InChI is InChI=1S/2C16H24N2.C5H8O4.2ClH/c2*1-12(2)18(13(3)4)10-9-14-11-17-16-8-6-5-7-15(14)16;6-4(7)2-1-3-5(8)9;;/h2*5-8,11-13,17H,9-10H2,1-4H3;1-3H2,(H,6,7)(H,8,9);2*1H. The molecule has 0 aliphatic heterocycles. The average Bonchev–Trinajstić information content (AvgIpc) is 3.57. The van der Waals surface area contributed by atoms with Gasteiger partial charge in [-0.1, -0.05) is 36.4 Å². The van der Waals surface area contributed by atoms with Crippen LogP contribution in [0.25, 0.3) is 21.8 Å². The Morgan fingerprint density at radius 1 is 0.596 bits per heavy atom. The van der Waals surface area contributed by atoms with Gasteiger partial charge in [-0.25, -0.2) is 0 Å². The highest BCUT2D eigenvalue weighted by Gasteiger charge is 2.15. The SMILES string of the molecule is CC(C)N(CCc1c[nH]c2ccccc12)C(C)C.CC(C)N(CCc1c[nH]c2ccccc12)C(C)C.Cl.Cl.O=C(O)CCCC(=O)O. The van der Waals surface area contributed by atoms with Crippen LogP contribution in [-0.2, 0) is 22.4 Å². The smallest absolute Gasteiger partial charge is 0.303 e. The summed E-state index contributed by atoms with van der Waals surface area (Å²) < 4.78 is 0. The van der Waals surface area contributed by atoms with E-state index in [-0.39, 0.29) is 44.1 Å². The number of H-pyrrole nitrogens is 2. The highest BCUT2D eigenvalue weighted by molar-refractivity contribution is 5.86. The van der Waals surface area contributed by atoms with Crippen molar-refractivity contribution in [3.8, 4) is 0 Å². The molecule has 0 bridgehead atoms. The number of aromatic amines is 2. The quantitative estimate of drug-likeness (QED) is 0.105. The summed E-state index contributed by atoms with van der Waals surface area (Å²) in [5, 5.41) is 18.8. The van der Waals surface area contributed by atoms with Crippen molar-refractivity contribution in [3.63, 3.8) is 0 Å². The number of nitrogens with one attached hydrogen (secondary N) is 2. The molecule has 0 aliphatic rings. The van der Waals surface area contributed by atoms with Crippen LogP contribution in [0, 0.1) is 0 Å². The Morgan fingerprint density at radius 2 is 0.915 bits per heavy atom. The number of rotatable bonds is 14. The first-order chi connectivity index (χ1) is 21.3. The van der Waals surface area contributed by atoms with E-state index in [0.29, 0.717) is 24.2 Å². The molecule has 4 aromatic rings. The first-order valence-electron chi connectivity index (χ1n) is 16.4. The first-order valence-corrected chi connectivity index (χ1v) is 16.4. The van der Waals surface area contributed by atoms with Gasteiger partial charge >= 0.3 is 11.9 Å². The second-order valence-electron chi connectivity index (χ2n) is 12.7. The monoisotopic (exact) mass is 692 g/mol. The van der Waals surface area contributed by atoms with Gasteiger partial charge in [0.25, 0.3) is 0 Å². The van der Waals surface area contributed by atoms with E-state index in [0.717, 1.165) is 25.9 Å². The van der Waals surface area contributed by atoms with Gasteiger partial charge in [0, 0.05) is 84.3 Å². The van der Waals surface area contributed by atoms with Crippen molar-refractivity contribution in [2.24, 2.45) is 0 Å². The van der Waals surface area contributed by atoms with Crippen molar-refractivity contribution in [2.45, 2.75) is 112 Å². The molecule has 0 amide bonds. The fraction of sp³-hybridized carbons (Fsp3) is 0.514. The summed E-state index contributed by atoms with van der Waals surface area (Å²) in [6.07, 6.45) is 6.62. The molecule has 2 aromatic carbocycles. The van der Waals surface area contributed by atoms with Gasteiger partial charge in [0.15, 0.2) is 0 Å². The molecule has 0 saturated heterocycles. The molecule has 0 fully saturated rings. The molecule has 0 unspecified atom stereocenters. The second-order valence-corrected chi connectivity index (χ2v) is 12.7. The zero-order chi connectivity index (χ0) is 33.5. The summed E-state index contributed by atoms with van der Waals surface area (Å²) in [5.74, 6) is -1.90. The number of aromatic nitrogens is 2. The van der Waals surface area contributed by atoms with E-state index in [9.17, 15) is 9.59 Å². The number of hydrogen-bond donors (Lipinski definition) is 4. The van der Waals surface area contributed by atoms with Gasteiger partial charge in [0.05, 0.1) is 0 Å². The largest absolute Gasteiger partial charge is 0.481 e. The molecule has 0 atom stereocenters. The van der Waals surface area contributed by atoms with Gasteiger partial charge in [-0.15, -0.1) is 24.8 Å². The van der Waals surface area contributed by atoms with E-state index >= 15 is 0 Å². The minimum Gasteiger partial charge on any atom is -0.481 e. The zero-order valence-corrected chi connectivity index (χ0v) is 31.1. The Morgan fingerprint density at radius 3 is 1.21 bits per heavy atom. The number of halogens is 2. The van der Waals surface area contributed by atoms with Crippen LogP contribution in [0.3, 0.4) is 0 Å². The summed E-state index contributed by atoms with van der Waals surface area (Å²) >= 11 is 0. The molecule has 0 radical (unpaired) electrons. The van der Waals surface area contributed by atoms with Crippen LogP contribution in [-0.4, -0.2) is 79.2 Å². The summed E-state index contributed by atoms with van der Waals surface area (Å²) in [6.45, 7) is 20.4. The Balaban J connectivity index is 0.000000700. The Kier molecular flexibility index (Phi) is 21.1. The minimum atomic E-state index is -0.948. The summed E-state index contributed by atoms with van der Waals surface area (Å²) in [7, 11) is 0. The van der Waals surface area contributed by atoms with E-state index in [1.807, 2.05) is 0 Å². The highest BCUT2D eigenvalue weighted by atomic mass is 35.5. The molecule has 2 aromatic heterocycles. The minimum absolute atomic E-state index is 0. The number of hydrogen-bond acceptors (Lipinski definition) is 4. The molecule has 0 aliphatic carbocycles. The fourth-order valence-corrected chi connectivity index (χ4v) is 5.79. The third-order valence-electron chi connectivity index (χ3n) is 8.06. The van der Waals surface area contributed by atoms with Crippen LogP contribution in [0.4, 0.5) is 0 Å². The van der Waals surface area contributed by atoms with Crippen molar-refractivity contribution < 1.29 is 19.8 Å².